The number of hydrogen-bond acceptors (Lipinski definition) is 5. The highest BCUT2D eigenvalue weighted by Crippen LogP contribution is 2.33. The first-order chi connectivity index (χ1) is 10.9. The standard InChI is InChI=1S/C16H21N3O3S/c1-6-22-16(21)13-10(4)11(5)23-15(13)18-14(20)12-7-8-17-19(12)9(2)3/h7-9H,6H2,1-5H3,(H,18,20). The molecule has 0 aliphatic carbocycles. The lowest BCUT2D eigenvalue weighted by atomic mass is 10.1. The molecule has 23 heavy (non-hydrogen) atoms. The number of ether oxygens (including phenoxy) is 1. The third-order valence-electron chi connectivity index (χ3n) is 3.48. The summed E-state index contributed by atoms with van der Waals surface area (Å²) in [6.45, 7) is 9.72. The number of hydrogen-bond donors (Lipinski definition) is 1. The Morgan fingerprint density at radius 1 is 1.39 bits per heavy atom. The molecule has 0 unspecified atom stereocenters. The molecule has 0 radical (unpaired) electrons. The molecule has 0 saturated heterocycles. The molecule has 0 saturated carbocycles. The van der Waals surface area contributed by atoms with Gasteiger partial charge < -0.3 is 10.1 Å². The van der Waals surface area contributed by atoms with E-state index in [1.165, 1.54) is 11.3 Å². The van der Waals surface area contributed by atoms with Crippen LogP contribution in [0.15, 0.2) is 12.3 Å². The molecule has 6 nitrogen and oxygen atoms in total. The summed E-state index contributed by atoms with van der Waals surface area (Å²) in [5.41, 5.74) is 1.72. The van der Waals surface area contributed by atoms with Gasteiger partial charge in [-0.25, -0.2) is 4.79 Å². The lowest BCUT2D eigenvalue weighted by Crippen LogP contribution is -2.20. The molecule has 1 amide bonds. The molecule has 0 fully saturated rings. The summed E-state index contributed by atoms with van der Waals surface area (Å²) in [5.74, 6) is -0.704. The summed E-state index contributed by atoms with van der Waals surface area (Å²) in [5, 5.41) is 7.50. The van der Waals surface area contributed by atoms with Crippen molar-refractivity contribution in [1.29, 1.82) is 0 Å². The van der Waals surface area contributed by atoms with Gasteiger partial charge in [-0.05, 0) is 46.2 Å². The summed E-state index contributed by atoms with van der Waals surface area (Å²) in [4.78, 5) is 25.7. The fourth-order valence-electron chi connectivity index (χ4n) is 2.24. The van der Waals surface area contributed by atoms with Crippen LogP contribution in [0.2, 0.25) is 0 Å². The van der Waals surface area contributed by atoms with Crippen molar-refractivity contribution in [2.75, 3.05) is 11.9 Å². The van der Waals surface area contributed by atoms with Gasteiger partial charge in [0.2, 0.25) is 0 Å². The average molecular weight is 335 g/mol. The van der Waals surface area contributed by atoms with Crippen molar-refractivity contribution in [3.8, 4) is 0 Å². The molecule has 7 heteroatoms. The summed E-state index contributed by atoms with van der Waals surface area (Å²) in [6, 6.07) is 1.73. The van der Waals surface area contributed by atoms with Gasteiger partial charge in [-0.2, -0.15) is 5.10 Å². The van der Waals surface area contributed by atoms with Gasteiger partial charge in [-0.1, -0.05) is 0 Å². The molecule has 124 valence electrons. The number of carbonyl (C=O) groups excluding carboxylic acids is 2. The third kappa shape index (κ3) is 3.44. The van der Waals surface area contributed by atoms with Crippen molar-refractivity contribution in [3.63, 3.8) is 0 Å². The Bertz CT molecular complexity index is 731. The molecule has 0 aliphatic rings. The maximum atomic E-state index is 12.5. The number of nitrogens with zero attached hydrogens (tertiary/aromatic N) is 2. The second-order valence-electron chi connectivity index (χ2n) is 5.42. The normalized spacial score (nSPS) is 10.9. The van der Waals surface area contributed by atoms with E-state index in [-0.39, 0.29) is 11.9 Å². The number of anilines is 1. The smallest absolute Gasteiger partial charge is 0.341 e. The molecule has 2 aromatic heterocycles. The molecule has 2 heterocycles. The van der Waals surface area contributed by atoms with E-state index >= 15 is 0 Å². The second-order valence-corrected chi connectivity index (χ2v) is 6.64. The van der Waals surface area contributed by atoms with Crippen LogP contribution in [0.1, 0.15) is 58.1 Å². The van der Waals surface area contributed by atoms with E-state index in [0.29, 0.717) is 22.9 Å². The molecule has 0 aromatic carbocycles. The molecule has 2 rings (SSSR count). The van der Waals surface area contributed by atoms with Crippen molar-refractivity contribution in [3.05, 3.63) is 34.0 Å². The van der Waals surface area contributed by atoms with E-state index in [1.54, 1.807) is 23.9 Å². The van der Waals surface area contributed by atoms with Crippen molar-refractivity contribution >= 4 is 28.2 Å². The molecule has 0 aliphatic heterocycles. The number of amides is 1. The Kier molecular flexibility index (Phi) is 5.20. The van der Waals surface area contributed by atoms with Gasteiger partial charge >= 0.3 is 5.97 Å². The molecule has 2 aromatic rings. The predicted molar refractivity (Wildman–Crippen MR) is 90.3 cm³/mol. The molecule has 0 spiro atoms. The van der Waals surface area contributed by atoms with E-state index in [4.69, 9.17) is 4.74 Å². The SMILES string of the molecule is CCOC(=O)c1c(NC(=O)c2ccnn2C(C)C)sc(C)c1C. The fraction of sp³-hybridized carbons (Fsp3) is 0.438. The van der Waals surface area contributed by atoms with E-state index in [2.05, 4.69) is 10.4 Å². The van der Waals surface area contributed by atoms with Crippen LogP contribution in [0.4, 0.5) is 5.00 Å². The van der Waals surface area contributed by atoms with Gasteiger partial charge in [0.1, 0.15) is 10.7 Å². The minimum absolute atomic E-state index is 0.0714. The Balaban J connectivity index is 2.33. The van der Waals surface area contributed by atoms with Crippen LogP contribution in [-0.4, -0.2) is 28.3 Å². The highest BCUT2D eigenvalue weighted by molar-refractivity contribution is 7.16. The van der Waals surface area contributed by atoms with Crippen LogP contribution in [0.25, 0.3) is 0 Å². The van der Waals surface area contributed by atoms with Crippen LogP contribution in [-0.2, 0) is 4.74 Å². The van der Waals surface area contributed by atoms with E-state index in [9.17, 15) is 9.59 Å². The number of carbonyl (C=O) groups is 2. The summed E-state index contributed by atoms with van der Waals surface area (Å²) >= 11 is 1.37. The van der Waals surface area contributed by atoms with Gasteiger partial charge in [0.05, 0.1) is 12.2 Å². The Hall–Kier alpha value is -2.15. The number of thiophene rings is 1. The first-order valence-corrected chi connectivity index (χ1v) is 8.30. The summed E-state index contributed by atoms with van der Waals surface area (Å²) in [6.07, 6.45) is 1.59. The molecular formula is C16H21N3O3S. The Morgan fingerprint density at radius 2 is 2.09 bits per heavy atom. The van der Waals surface area contributed by atoms with Crippen molar-refractivity contribution in [1.82, 2.24) is 9.78 Å². The number of aromatic nitrogens is 2. The third-order valence-corrected chi connectivity index (χ3v) is 4.61. The zero-order valence-electron chi connectivity index (χ0n) is 14.0. The van der Waals surface area contributed by atoms with Gasteiger partial charge in [0.15, 0.2) is 0 Å². The molecule has 0 bridgehead atoms. The van der Waals surface area contributed by atoms with Crippen LogP contribution >= 0.6 is 11.3 Å². The fourth-order valence-corrected chi connectivity index (χ4v) is 3.28. The monoisotopic (exact) mass is 335 g/mol. The van der Waals surface area contributed by atoms with Gasteiger partial charge in [0, 0.05) is 17.1 Å². The van der Waals surface area contributed by atoms with Gasteiger partial charge in [-0.3, -0.25) is 9.48 Å². The van der Waals surface area contributed by atoms with Crippen LogP contribution in [0.3, 0.4) is 0 Å². The maximum Gasteiger partial charge on any atom is 0.341 e. The maximum absolute atomic E-state index is 12.5. The minimum atomic E-state index is -0.415. The minimum Gasteiger partial charge on any atom is -0.462 e. The lowest BCUT2D eigenvalue weighted by Gasteiger charge is -2.11. The molecular weight excluding hydrogens is 314 g/mol. The van der Waals surface area contributed by atoms with Gasteiger partial charge in [-0.15, -0.1) is 11.3 Å². The van der Waals surface area contributed by atoms with E-state index < -0.39 is 5.97 Å². The Labute approximate surface area is 139 Å². The summed E-state index contributed by atoms with van der Waals surface area (Å²) < 4.78 is 6.74. The largest absolute Gasteiger partial charge is 0.462 e. The summed E-state index contributed by atoms with van der Waals surface area (Å²) in [7, 11) is 0. The van der Waals surface area contributed by atoms with Crippen LogP contribution < -0.4 is 5.32 Å². The van der Waals surface area contributed by atoms with Crippen molar-refractivity contribution < 1.29 is 14.3 Å². The lowest BCUT2D eigenvalue weighted by molar-refractivity contribution is 0.0527. The number of nitrogens with one attached hydrogen (secondary N) is 1. The zero-order valence-corrected chi connectivity index (χ0v) is 14.8. The highest BCUT2D eigenvalue weighted by atomic mass is 32.1. The average Bonchev–Trinajstić information content (AvgIpc) is 3.05. The molecule has 1 N–H and O–H groups in total. The van der Waals surface area contributed by atoms with E-state index in [1.807, 2.05) is 27.7 Å². The first kappa shape index (κ1) is 17.2. The van der Waals surface area contributed by atoms with Crippen molar-refractivity contribution in [2.45, 2.75) is 40.7 Å². The first-order valence-electron chi connectivity index (χ1n) is 7.48. The molecule has 0 atom stereocenters. The predicted octanol–water partition coefficient (Wildman–Crippen LogP) is 3.57. The highest BCUT2D eigenvalue weighted by Gasteiger charge is 2.23. The quantitative estimate of drug-likeness (QED) is 0.848. The Morgan fingerprint density at radius 3 is 2.70 bits per heavy atom. The van der Waals surface area contributed by atoms with Crippen LogP contribution in [0.5, 0.6) is 0 Å². The van der Waals surface area contributed by atoms with Gasteiger partial charge in [0.25, 0.3) is 5.91 Å². The topological polar surface area (TPSA) is 73.2 Å². The van der Waals surface area contributed by atoms with E-state index in [0.717, 1.165) is 10.4 Å². The van der Waals surface area contributed by atoms with Crippen molar-refractivity contribution in [2.24, 2.45) is 0 Å². The number of rotatable bonds is 5. The number of esters is 1. The second kappa shape index (κ2) is 6.95. The number of aryl methyl sites for hydroxylation is 1. The van der Waals surface area contributed by atoms with Crippen LogP contribution in [0, 0.1) is 13.8 Å². The zero-order chi connectivity index (χ0) is 17.1.